The molecule has 3 aliphatic rings. The van der Waals surface area contributed by atoms with Crippen molar-refractivity contribution in [3.8, 4) is 22.9 Å². The summed E-state index contributed by atoms with van der Waals surface area (Å²) in [7, 11) is 0. The molecular weight excluding hydrogens is 404 g/mol. The molecule has 11 nitrogen and oxygen atoms in total. The van der Waals surface area contributed by atoms with Crippen LogP contribution >= 0.6 is 0 Å². The van der Waals surface area contributed by atoms with E-state index in [1.54, 1.807) is 42.5 Å². The summed E-state index contributed by atoms with van der Waals surface area (Å²) in [6.45, 7) is 0.218. The van der Waals surface area contributed by atoms with Gasteiger partial charge >= 0.3 is 0 Å². The van der Waals surface area contributed by atoms with Crippen LogP contribution in [-0.4, -0.2) is 45.8 Å². The molecule has 0 unspecified atom stereocenters. The first-order valence-corrected chi connectivity index (χ1v) is 9.52. The Kier molecular flexibility index (Phi) is 3.75. The van der Waals surface area contributed by atoms with Crippen LogP contribution in [0.3, 0.4) is 0 Å². The molecule has 1 aromatic heterocycles. The van der Waals surface area contributed by atoms with E-state index in [0.717, 1.165) is 4.90 Å². The topological polar surface area (TPSA) is 123 Å². The van der Waals surface area contributed by atoms with Gasteiger partial charge < -0.3 is 14.0 Å². The lowest BCUT2D eigenvalue weighted by atomic mass is 10.1. The standard InChI is InChI=1S/C20H14N6O5/c27-19-16-17(20(28)26(19)12-4-2-1-3-5-12)25(24-22-16)9-15-21-18(23-31-15)11-6-7-13-14(8-11)30-10-29-13/h1-8,16-17H,9-10H2/t16-,17+/m1/s1. The number of fused-ring (bicyclic) bond motifs is 2. The molecule has 0 radical (unpaired) electrons. The number of anilines is 1. The first kappa shape index (κ1) is 17.6. The van der Waals surface area contributed by atoms with Gasteiger partial charge in [0.05, 0.1) is 5.69 Å². The van der Waals surface area contributed by atoms with Crippen molar-refractivity contribution in [1.82, 2.24) is 15.1 Å². The van der Waals surface area contributed by atoms with Crippen molar-refractivity contribution >= 4 is 17.5 Å². The highest BCUT2D eigenvalue weighted by Crippen LogP contribution is 2.36. The molecule has 1 fully saturated rings. The van der Waals surface area contributed by atoms with Crippen LogP contribution < -0.4 is 14.4 Å². The van der Waals surface area contributed by atoms with E-state index in [1.165, 1.54) is 5.01 Å². The molecule has 0 saturated carbocycles. The van der Waals surface area contributed by atoms with Gasteiger partial charge in [-0.3, -0.25) is 14.6 Å². The number of amides is 2. The fourth-order valence-electron chi connectivity index (χ4n) is 3.80. The van der Waals surface area contributed by atoms with Crippen molar-refractivity contribution < 1.29 is 23.6 Å². The molecule has 0 N–H and O–H groups in total. The van der Waals surface area contributed by atoms with Gasteiger partial charge in [0.25, 0.3) is 11.8 Å². The Bertz CT molecular complexity index is 1230. The van der Waals surface area contributed by atoms with Gasteiger partial charge in [0.15, 0.2) is 23.6 Å². The summed E-state index contributed by atoms with van der Waals surface area (Å²) < 4.78 is 16.0. The molecule has 31 heavy (non-hydrogen) atoms. The average molecular weight is 418 g/mol. The van der Waals surface area contributed by atoms with E-state index in [2.05, 4.69) is 20.5 Å². The summed E-state index contributed by atoms with van der Waals surface area (Å²) in [5, 5.41) is 13.4. The summed E-state index contributed by atoms with van der Waals surface area (Å²) in [4.78, 5) is 31.2. The van der Waals surface area contributed by atoms with Crippen molar-refractivity contribution in [2.75, 3.05) is 11.7 Å². The van der Waals surface area contributed by atoms with Gasteiger partial charge in [-0.05, 0) is 30.3 Å². The molecule has 1 saturated heterocycles. The Hall–Kier alpha value is -4.28. The van der Waals surface area contributed by atoms with Crippen LogP contribution in [0.15, 0.2) is 63.4 Å². The quantitative estimate of drug-likeness (QED) is 0.589. The number of carbonyl (C=O) groups excluding carboxylic acids is 2. The van der Waals surface area contributed by atoms with Crippen LogP contribution in [0.2, 0.25) is 0 Å². The van der Waals surface area contributed by atoms with E-state index in [4.69, 9.17) is 14.0 Å². The number of hydrogen-bond donors (Lipinski definition) is 0. The Morgan fingerprint density at radius 2 is 1.84 bits per heavy atom. The number of benzene rings is 2. The second kappa shape index (κ2) is 6.62. The molecule has 11 heteroatoms. The van der Waals surface area contributed by atoms with Gasteiger partial charge in [0.2, 0.25) is 18.5 Å². The molecule has 0 spiro atoms. The molecule has 0 aliphatic carbocycles. The van der Waals surface area contributed by atoms with Crippen LogP contribution in [0, 0.1) is 0 Å². The number of aromatic nitrogens is 2. The molecule has 4 heterocycles. The lowest BCUT2D eigenvalue weighted by molar-refractivity contribution is -0.123. The minimum Gasteiger partial charge on any atom is -0.454 e. The number of nitrogens with zero attached hydrogens (tertiary/aromatic N) is 6. The minimum atomic E-state index is -0.885. The smallest absolute Gasteiger partial charge is 0.263 e. The summed E-state index contributed by atoms with van der Waals surface area (Å²) in [5.41, 5.74) is 1.20. The summed E-state index contributed by atoms with van der Waals surface area (Å²) >= 11 is 0. The van der Waals surface area contributed by atoms with Gasteiger partial charge in [-0.25, -0.2) is 4.90 Å². The van der Waals surface area contributed by atoms with Crippen LogP contribution in [0.25, 0.3) is 11.4 Å². The maximum Gasteiger partial charge on any atom is 0.263 e. The number of imide groups is 1. The van der Waals surface area contributed by atoms with Gasteiger partial charge in [0.1, 0.15) is 6.54 Å². The molecule has 2 atom stereocenters. The number of ether oxygens (including phenoxy) is 2. The maximum absolute atomic E-state index is 13.0. The summed E-state index contributed by atoms with van der Waals surface area (Å²) in [6, 6.07) is 12.4. The maximum atomic E-state index is 13.0. The fraction of sp³-hybridized carbons (Fsp3) is 0.200. The van der Waals surface area contributed by atoms with Gasteiger partial charge in [-0.1, -0.05) is 28.6 Å². The molecule has 2 aromatic carbocycles. The van der Waals surface area contributed by atoms with Crippen LogP contribution in [0.4, 0.5) is 5.69 Å². The first-order chi connectivity index (χ1) is 15.2. The molecule has 154 valence electrons. The highest BCUT2D eigenvalue weighted by Gasteiger charge is 2.55. The lowest BCUT2D eigenvalue weighted by Gasteiger charge is -2.19. The Morgan fingerprint density at radius 1 is 1.00 bits per heavy atom. The minimum absolute atomic E-state index is 0.0455. The fourth-order valence-corrected chi connectivity index (χ4v) is 3.80. The Balaban J connectivity index is 1.22. The van der Waals surface area contributed by atoms with Gasteiger partial charge in [-0.15, -0.1) is 0 Å². The lowest BCUT2D eigenvalue weighted by Crippen LogP contribution is -2.39. The molecule has 3 aromatic rings. The van der Waals surface area contributed by atoms with Gasteiger partial charge in [0, 0.05) is 5.56 Å². The third kappa shape index (κ3) is 2.74. The number of carbonyl (C=O) groups is 2. The van der Waals surface area contributed by atoms with Crippen molar-refractivity contribution in [2.45, 2.75) is 18.6 Å². The zero-order valence-corrected chi connectivity index (χ0v) is 15.9. The normalized spacial score (nSPS) is 21.3. The number of hydrogen-bond acceptors (Lipinski definition) is 10. The summed E-state index contributed by atoms with van der Waals surface area (Å²) in [5.74, 6) is 1.08. The Morgan fingerprint density at radius 3 is 2.71 bits per heavy atom. The summed E-state index contributed by atoms with van der Waals surface area (Å²) in [6.07, 6.45) is 0. The molecular formula is C20H14N6O5. The van der Waals surface area contributed by atoms with E-state index in [9.17, 15) is 9.59 Å². The average Bonchev–Trinajstić information content (AvgIpc) is 3.56. The van der Waals surface area contributed by atoms with Crippen molar-refractivity contribution in [3.05, 3.63) is 54.4 Å². The van der Waals surface area contributed by atoms with E-state index in [0.29, 0.717) is 28.6 Å². The molecule has 6 rings (SSSR count). The Labute approximate surface area is 174 Å². The van der Waals surface area contributed by atoms with Crippen LogP contribution in [0.5, 0.6) is 11.5 Å². The zero-order valence-electron chi connectivity index (χ0n) is 15.9. The van der Waals surface area contributed by atoms with E-state index < -0.39 is 18.0 Å². The predicted octanol–water partition coefficient (Wildman–Crippen LogP) is 1.96. The molecule has 0 bridgehead atoms. The number of rotatable bonds is 4. The number of para-hydroxylation sites is 1. The second-order valence-electron chi connectivity index (χ2n) is 7.12. The van der Waals surface area contributed by atoms with Crippen molar-refractivity contribution in [2.24, 2.45) is 10.3 Å². The van der Waals surface area contributed by atoms with E-state index in [1.807, 2.05) is 6.07 Å². The first-order valence-electron chi connectivity index (χ1n) is 9.52. The van der Waals surface area contributed by atoms with E-state index >= 15 is 0 Å². The van der Waals surface area contributed by atoms with Gasteiger partial charge in [-0.2, -0.15) is 10.1 Å². The third-order valence-corrected chi connectivity index (χ3v) is 5.27. The zero-order chi connectivity index (χ0) is 20.9. The highest BCUT2D eigenvalue weighted by molar-refractivity contribution is 6.25. The SMILES string of the molecule is O=C1[C@@H]2[C@@H](N=NN2Cc2nc(-c3ccc4c(c3)OCO4)no2)C(=O)N1c1ccccc1. The van der Waals surface area contributed by atoms with Crippen molar-refractivity contribution in [1.29, 1.82) is 0 Å². The predicted molar refractivity (Wildman–Crippen MR) is 103 cm³/mol. The highest BCUT2D eigenvalue weighted by atomic mass is 16.7. The second-order valence-corrected chi connectivity index (χ2v) is 7.12. The monoisotopic (exact) mass is 418 g/mol. The van der Waals surface area contributed by atoms with Crippen molar-refractivity contribution in [3.63, 3.8) is 0 Å². The van der Waals surface area contributed by atoms with Crippen LogP contribution in [-0.2, 0) is 16.1 Å². The third-order valence-electron chi connectivity index (χ3n) is 5.27. The molecule has 3 aliphatic heterocycles. The molecule has 2 amide bonds. The van der Waals surface area contributed by atoms with Crippen LogP contribution in [0.1, 0.15) is 5.89 Å². The largest absolute Gasteiger partial charge is 0.454 e. The van der Waals surface area contributed by atoms with E-state index in [-0.39, 0.29) is 25.1 Å².